The van der Waals surface area contributed by atoms with Crippen molar-refractivity contribution >= 4 is 27.5 Å². The third-order valence-corrected chi connectivity index (χ3v) is 4.54. The third-order valence-electron chi connectivity index (χ3n) is 3.81. The second-order valence-corrected chi connectivity index (χ2v) is 6.81. The van der Waals surface area contributed by atoms with Gasteiger partial charge in [-0.1, -0.05) is 44.4 Å². The fraction of sp³-hybridized carbons (Fsp3) is 0.500. The minimum absolute atomic E-state index is 0.756. The topological polar surface area (TPSA) is 27.1 Å². The van der Waals surface area contributed by atoms with Gasteiger partial charge in [0.05, 0.1) is 6.61 Å². The van der Waals surface area contributed by atoms with E-state index in [1.807, 2.05) is 18.3 Å². The Kier molecular flexibility index (Phi) is 7.44. The van der Waals surface area contributed by atoms with Gasteiger partial charge in [-0.3, -0.25) is 0 Å². The Bertz CT molecular complexity index is 627. The highest BCUT2D eigenvalue weighted by Crippen LogP contribution is 2.24. The summed E-state index contributed by atoms with van der Waals surface area (Å²) in [5.74, 6) is 1.94. The molecule has 0 aliphatic carbocycles. The summed E-state index contributed by atoms with van der Waals surface area (Å²) in [7, 11) is 0. The standard InChI is InChI=1S/C18H24BrClN2O/c1-3-5-6-11-23-15-8-7-14(16(20)12-15)9-10-22-13-17(19)21-18(22)4-2/h7-8,12-13H,3-6,9-11H2,1-2H3. The Morgan fingerprint density at radius 1 is 1.26 bits per heavy atom. The molecule has 1 aromatic carbocycles. The molecule has 0 N–H and O–H groups in total. The molecule has 0 bridgehead atoms. The van der Waals surface area contributed by atoms with E-state index in [0.29, 0.717) is 0 Å². The van der Waals surface area contributed by atoms with E-state index in [2.05, 4.69) is 45.4 Å². The normalized spacial score (nSPS) is 11.0. The predicted molar refractivity (Wildman–Crippen MR) is 99.5 cm³/mol. The monoisotopic (exact) mass is 398 g/mol. The average molecular weight is 400 g/mol. The van der Waals surface area contributed by atoms with Gasteiger partial charge in [-0.15, -0.1) is 0 Å². The summed E-state index contributed by atoms with van der Waals surface area (Å²) < 4.78 is 8.80. The molecular formula is C18H24BrClN2O. The van der Waals surface area contributed by atoms with Crippen molar-refractivity contribution in [2.75, 3.05) is 6.61 Å². The number of rotatable bonds is 9. The van der Waals surface area contributed by atoms with Crippen LogP contribution < -0.4 is 4.74 Å². The fourth-order valence-electron chi connectivity index (χ4n) is 2.50. The van der Waals surface area contributed by atoms with Gasteiger partial charge in [0, 0.05) is 24.2 Å². The van der Waals surface area contributed by atoms with E-state index in [1.165, 1.54) is 12.8 Å². The first-order valence-corrected chi connectivity index (χ1v) is 9.44. The lowest BCUT2D eigenvalue weighted by Gasteiger charge is -2.10. The van der Waals surface area contributed by atoms with Crippen molar-refractivity contribution in [3.05, 3.63) is 45.4 Å². The zero-order chi connectivity index (χ0) is 16.7. The van der Waals surface area contributed by atoms with Crippen molar-refractivity contribution in [3.63, 3.8) is 0 Å². The quantitative estimate of drug-likeness (QED) is 0.508. The fourth-order valence-corrected chi connectivity index (χ4v) is 3.22. The molecule has 23 heavy (non-hydrogen) atoms. The minimum atomic E-state index is 0.756. The zero-order valence-corrected chi connectivity index (χ0v) is 16.2. The molecule has 1 heterocycles. The van der Waals surface area contributed by atoms with Crippen molar-refractivity contribution in [2.45, 2.75) is 52.5 Å². The number of hydrogen-bond donors (Lipinski definition) is 0. The molecule has 0 aliphatic rings. The lowest BCUT2D eigenvalue weighted by molar-refractivity contribution is 0.306. The highest BCUT2D eigenvalue weighted by atomic mass is 79.9. The van der Waals surface area contributed by atoms with Crippen molar-refractivity contribution in [2.24, 2.45) is 0 Å². The molecule has 0 radical (unpaired) electrons. The van der Waals surface area contributed by atoms with E-state index >= 15 is 0 Å². The summed E-state index contributed by atoms with van der Waals surface area (Å²) in [5.41, 5.74) is 1.14. The molecule has 0 aliphatic heterocycles. The molecule has 0 fully saturated rings. The maximum atomic E-state index is 6.40. The Labute approximate surface area is 152 Å². The van der Waals surface area contributed by atoms with Crippen LogP contribution >= 0.6 is 27.5 Å². The van der Waals surface area contributed by atoms with Gasteiger partial charge in [0.1, 0.15) is 16.2 Å². The van der Waals surface area contributed by atoms with Crippen LogP contribution in [-0.4, -0.2) is 16.2 Å². The van der Waals surface area contributed by atoms with Crippen LogP contribution in [0.15, 0.2) is 29.0 Å². The Balaban J connectivity index is 1.92. The number of ether oxygens (including phenoxy) is 1. The van der Waals surface area contributed by atoms with Gasteiger partial charge in [0.2, 0.25) is 0 Å². The third kappa shape index (κ3) is 5.54. The van der Waals surface area contributed by atoms with E-state index in [4.69, 9.17) is 16.3 Å². The molecule has 2 aromatic rings. The van der Waals surface area contributed by atoms with Crippen LogP contribution in [0.4, 0.5) is 0 Å². The number of hydrogen-bond acceptors (Lipinski definition) is 2. The van der Waals surface area contributed by atoms with Crippen molar-refractivity contribution in [1.82, 2.24) is 9.55 Å². The molecule has 3 nitrogen and oxygen atoms in total. The van der Waals surface area contributed by atoms with Gasteiger partial charge in [0.25, 0.3) is 0 Å². The maximum absolute atomic E-state index is 6.40. The number of aryl methyl sites for hydroxylation is 3. The summed E-state index contributed by atoms with van der Waals surface area (Å²) in [5, 5.41) is 0.773. The molecule has 0 atom stereocenters. The zero-order valence-electron chi connectivity index (χ0n) is 13.8. The van der Waals surface area contributed by atoms with Gasteiger partial charge in [-0.2, -0.15) is 0 Å². The first-order valence-electron chi connectivity index (χ1n) is 8.26. The number of nitrogens with zero attached hydrogens (tertiary/aromatic N) is 2. The Morgan fingerprint density at radius 2 is 2.09 bits per heavy atom. The van der Waals surface area contributed by atoms with Gasteiger partial charge >= 0.3 is 0 Å². The summed E-state index contributed by atoms with van der Waals surface area (Å²) in [6.07, 6.45) is 7.32. The van der Waals surface area contributed by atoms with Gasteiger partial charge in [0.15, 0.2) is 0 Å². The number of aromatic nitrogens is 2. The van der Waals surface area contributed by atoms with Crippen LogP contribution in [0.2, 0.25) is 5.02 Å². The molecule has 0 saturated heterocycles. The lowest BCUT2D eigenvalue weighted by atomic mass is 10.1. The Hall–Kier alpha value is -1.00. The smallest absolute Gasteiger partial charge is 0.124 e. The van der Waals surface area contributed by atoms with Crippen LogP contribution in [0.25, 0.3) is 0 Å². The molecule has 0 saturated carbocycles. The van der Waals surface area contributed by atoms with Gasteiger partial charge in [-0.05, 0) is 46.5 Å². The van der Waals surface area contributed by atoms with Crippen LogP contribution in [0.1, 0.15) is 44.5 Å². The average Bonchev–Trinajstić information content (AvgIpc) is 2.91. The molecule has 126 valence electrons. The number of unbranched alkanes of at least 4 members (excludes halogenated alkanes) is 2. The summed E-state index contributed by atoms with van der Waals surface area (Å²) in [6.45, 7) is 5.93. The minimum Gasteiger partial charge on any atom is -0.494 e. The largest absolute Gasteiger partial charge is 0.494 e. The van der Waals surface area contributed by atoms with Crippen LogP contribution in [0, 0.1) is 0 Å². The lowest BCUT2D eigenvalue weighted by Crippen LogP contribution is -2.05. The summed E-state index contributed by atoms with van der Waals surface area (Å²) in [6, 6.07) is 6.00. The number of imidazole rings is 1. The summed E-state index contributed by atoms with van der Waals surface area (Å²) >= 11 is 9.84. The van der Waals surface area contributed by atoms with Gasteiger partial charge in [-0.25, -0.2) is 4.98 Å². The van der Waals surface area contributed by atoms with Crippen LogP contribution in [0.5, 0.6) is 5.75 Å². The first kappa shape index (κ1) is 18.3. The molecule has 1 aromatic heterocycles. The predicted octanol–water partition coefficient (Wildman–Crippen LogP) is 5.67. The van der Waals surface area contributed by atoms with Gasteiger partial charge < -0.3 is 9.30 Å². The highest BCUT2D eigenvalue weighted by molar-refractivity contribution is 9.10. The Morgan fingerprint density at radius 3 is 2.78 bits per heavy atom. The second-order valence-electron chi connectivity index (χ2n) is 5.59. The molecular weight excluding hydrogens is 376 g/mol. The van der Waals surface area contributed by atoms with E-state index in [0.717, 1.165) is 59.2 Å². The molecule has 2 rings (SSSR count). The molecule has 0 amide bonds. The SMILES string of the molecule is CCCCCOc1ccc(CCn2cc(Br)nc2CC)c(Cl)c1. The molecule has 5 heteroatoms. The van der Waals surface area contributed by atoms with E-state index < -0.39 is 0 Å². The number of halogens is 2. The highest BCUT2D eigenvalue weighted by Gasteiger charge is 2.07. The second kappa shape index (κ2) is 9.33. The van der Waals surface area contributed by atoms with E-state index in [-0.39, 0.29) is 0 Å². The van der Waals surface area contributed by atoms with E-state index in [9.17, 15) is 0 Å². The molecule has 0 unspecified atom stereocenters. The maximum Gasteiger partial charge on any atom is 0.124 e. The van der Waals surface area contributed by atoms with Crippen molar-refractivity contribution in [3.8, 4) is 5.75 Å². The van der Waals surface area contributed by atoms with E-state index in [1.54, 1.807) is 0 Å². The first-order chi connectivity index (χ1) is 11.1. The molecule has 0 spiro atoms. The van der Waals surface area contributed by atoms with Crippen molar-refractivity contribution < 1.29 is 4.74 Å². The van der Waals surface area contributed by atoms with Crippen LogP contribution in [-0.2, 0) is 19.4 Å². The van der Waals surface area contributed by atoms with Crippen LogP contribution in [0.3, 0.4) is 0 Å². The van der Waals surface area contributed by atoms with Crippen molar-refractivity contribution in [1.29, 1.82) is 0 Å². The summed E-state index contributed by atoms with van der Waals surface area (Å²) in [4.78, 5) is 4.45. The number of benzene rings is 1.